The molecule has 0 aromatic rings. The quantitative estimate of drug-likeness (QED) is 0.375. The third-order valence-electron chi connectivity index (χ3n) is 0.966. The molecule has 0 amide bonds. The summed E-state index contributed by atoms with van der Waals surface area (Å²) in [5.41, 5.74) is 0. The van der Waals surface area contributed by atoms with Gasteiger partial charge in [0.25, 0.3) is 0 Å². The van der Waals surface area contributed by atoms with Gasteiger partial charge in [0, 0.05) is 131 Å². The van der Waals surface area contributed by atoms with Crippen molar-refractivity contribution in [2.45, 2.75) is 0 Å². The third-order valence-corrected chi connectivity index (χ3v) is 0.966. The zero-order valence-corrected chi connectivity index (χ0v) is 23.7. The molecule has 4 nitrogen and oxygen atoms in total. The molecular weight excluding hydrogens is 532 g/mol. The van der Waals surface area contributed by atoms with E-state index in [2.05, 4.69) is 28.2 Å². The summed E-state index contributed by atoms with van der Waals surface area (Å²) in [4.78, 5) is 7.25. The Bertz CT molecular complexity index is 98.4. The van der Waals surface area contributed by atoms with Gasteiger partial charge in [0.05, 0.1) is 0 Å². The van der Waals surface area contributed by atoms with Gasteiger partial charge in [-0.25, -0.2) is 0 Å². The van der Waals surface area contributed by atoms with E-state index in [9.17, 15) is 0 Å². The summed E-state index contributed by atoms with van der Waals surface area (Å²) in [5.74, 6) is 0. The van der Waals surface area contributed by atoms with Gasteiger partial charge in [-0.3, -0.25) is 14.1 Å². The molecule has 4 radical (unpaired) electrons. The SMILES string of the molecule is [CH2-]N(C)CN([CH2-])C.[CH2-]N([CH2-])CN(C)C.[Y].[Y].[Y].[Y]. The molecule has 0 spiro atoms. The molecule has 0 bridgehead atoms. The van der Waals surface area contributed by atoms with Crippen molar-refractivity contribution in [1.29, 1.82) is 0 Å². The van der Waals surface area contributed by atoms with Gasteiger partial charge in [0.1, 0.15) is 0 Å². The first-order chi connectivity index (χ1) is 6.25. The predicted molar refractivity (Wildman–Crippen MR) is 62.2 cm³/mol. The first-order valence-electron chi connectivity index (χ1n) is 4.32. The molecule has 0 aliphatic heterocycles. The van der Waals surface area contributed by atoms with Gasteiger partial charge in [0.2, 0.25) is 0 Å². The number of hydrogen-bond acceptors (Lipinski definition) is 4. The summed E-state index contributed by atoms with van der Waals surface area (Å²) >= 11 is 0. The molecule has 0 aliphatic rings. The Balaban J connectivity index is -0.0000000327. The molecule has 0 atom stereocenters. The van der Waals surface area contributed by atoms with Crippen LogP contribution < -0.4 is 0 Å². The molecule has 18 heavy (non-hydrogen) atoms. The van der Waals surface area contributed by atoms with Gasteiger partial charge in [-0.1, -0.05) is 0 Å². The fraction of sp³-hybridized carbons (Fsp3) is 0.600. The molecule has 0 saturated heterocycles. The second-order valence-corrected chi connectivity index (χ2v) is 3.75. The van der Waals surface area contributed by atoms with E-state index in [4.69, 9.17) is 0 Å². The first-order valence-corrected chi connectivity index (χ1v) is 4.32. The average molecular weight is 556 g/mol. The fourth-order valence-corrected chi connectivity index (χ4v) is 0.812. The van der Waals surface area contributed by atoms with E-state index in [0.29, 0.717) is 0 Å². The Morgan fingerprint density at radius 3 is 0.889 bits per heavy atom. The molecule has 0 unspecified atom stereocenters. The van der Waals surface area contributed by atoms with E-state index in [1.54, 1.807) is 4.90 Å². The minimum Gasteiger partial charge on any atom is -0.599 e. The molecule has 0 rings (SSSR count). The smallest absolute Gasteiger partial charge is 0 e. The van der Waals surface area contributed by atoms with Crippen LogP contribution in [0.2, 0.25) is 0 Å². The Morgan fingerprint density at radius 2 is 0.889 bits per heavy atom. The number of nitrogens with zero attached hydrogens (tertiary/aromatic N) is 4. The first kappa shape index (κ1) is 38.1. The molecular formula is C10H24N4Y4-4. The topological polar surface area (TPSA) is 13.0 Å². The zero-order chi connectivity index (χ0) is 11.7. The average Bonchev–Trinajstić information content (AvgIpc) is 1.79. The van der Waals surface area contributed by atoms with Crippen LogP contribution in [0.5, 0.6) is 0 Å². The monoisotopic (exact) mass is 556 g/mol. The van der Waals surface area contributed by atoms with E-state index < -0.39 is 0 Å². The summed E-state index contributed by atoms with van der Waals surface area (Å²) in [6, 6.07) is 0. The van der Waals surface area contributed by atoms with Crippen LogP contribution >= 0.6 is 0 Å². The van der Waals surface area contributed by atoms with Crippen LogP contribution in [0.1, 0.15) is 0 Å². The molecule has 0 heterocycles. The summed E-state index contributed by atoms with van der Waals surface area (Å²) in [6.07, 6.45) is 0. The van der Waals surface area contributed by atoms with Crippen LogP contribution in [0.3, 0.4) is 0 Å². The fourth-order valence-electron chi connectivity index (χ4n) is 0.812. The minimum atomic E-state index is 0. The van der Waals surface area contributed by atoms with E-state index >= 15 is 0 Å². The van der Waals surface area contributed by atoms with Gasteiger partial charge in [-0.05, 0) is 41.5 Å². The van der Waals surface area contributed by atoms with E-state index in [1.807, 2.05) is 42.9 Å². The van der Waals surface area contributed by atoms with Crippen LogP contribution in [0.25, 0.3) is 0 Å². The largest absolute Gasteiger partial charge is 0.599 e. The summed E-state index contributed by atoms with van der Waals surface area (Å²) in [5, 5.41) is 0. The van der Waals surface area contributed by atoms with Crippen molar-refractivity contribution in [3.63, 3.8) is 0 Å². The molecule has 0 N–H and O–H groups in total. The predicted octanol–water partition coefficient (Wildman–Crippen LogP) is 0.771. The van der Waals surface area contributed by atoms with Crippen molar-refractivity contribution in [3.8, 4) is 0 Å². The van der Waals surface area contributed by atoms with Gasteiger partial charge in [-0.15, -0.1) is 0 Å². The third kappa shape index (κ3) is 50.0. The molecule has 0 fully saturated rings. The normalized spacial score (nSPS) is 8.67. The maximum absolute atomic E-state index is 3.63. The molecule has 0 saturated carbocycles. The van der Waals surface area contributed by atoms with Crippen molar-refractivity contribution in [3.05, 3.63) is 28.2 Å². The molecule has 0 aromatic carbocycles. The maximum atomic E-state index is 3.63. The molecule has 0 aliphatic carbocycles. The Kier molecular flexibility index (Phi) is 55.3. The van der Waals surface area contributed by atoms with Gasteiger partial charge >= 0.3 is 0 Å². The van der Waals surface area contributed by atoms with Crippen molar-refractivity contribution in [1.82, 2.24) is 19.6 Å². The maximum Gasteiger partial charge on any atom is 0 e. The van der Waals surface area contributed by atoms with Crippen molar-refractivity contribution in [2.24, 2.45) is 0 Å². The van der Waals surface area contributed by atoms with Crippen molar-refractivity contribution in [2.75, 3.05) is 41.5 Å². The molecule has 100 valence electrons. The summed E-state index contributed by atoms with van der Waals surface area (Å²) < 4.78 is 0. The number of hydrogen-bond donors (Lipinski definition) is 0. The van der Waals surface area contributed by atoms with Crippen LogP contribution in [0.15, 0.2) is 0 Å². The van der Waals surface area contributed by atoms with Crippen LogP contribution in [-0.2, 0) is 131 Å². The second kappa shape index (κ2) is 26.2. The number of rotatable bonds is 4. The summed E-state index contributed by atoms with van der Waals surface area (Å²) in [6.45, 7) is 1.61. The van der Waals surface area contributed by atoms with Crippen LogP contribution in [0.4, 0.5) is 0 Å². The zero-order valence-electron chi connectivity index (χ0n) is 12.3. The van der Waals surface area contributed by atoms with Gasteiger partial charge in [-0.2, -0.15) is 0 Å². The van der Waals surface area contributed by atoms with Gasteiger partial charge < -0.3 is 33.7 Å². The second-order valence-electron chi connectivity index (χ2n) is 3.75. The van der Waals surface area contributed by atoms with Gasteiger partial charge in [0.15, 0.2) is 0 Å². The Hall–Kier alpha value is 4.26. The van der Waals surface area contributed by atoms with Crippen molar-refractivity contribution < 1.29 is 131 Å². The minimum absolute atomic E-state index is 0. The van der Waals surface area contributed by atoms with Crippen LogP contribution in [-0.4, -0.2) is 61.1 Å². The molecule has 0 aromatic heterocycles. The van der Waals surface area contributed by atoms with Crippen LogP contribution in [0, 0.1) is 28.2 Å². The summed E-state index contributed by atoms with van der Waals surface area (Å²) in [7, 11) is 22.1. The van der Waals surface area contributed by atoms with E-state index in [1.165, 1.54) is 0 Å². The molecule has 8 heteroatoms. The van der Waals surface area contributed by atoms with E-state index in [0.717, 1.165) is 13.3 Å². The Morgan fingerprint density at radius 1 is 0.611 bits per heavy atom. The Labute approximate surface area is 216 Å². The van der Waals surface area contributed by atoms with E-state index in [-0.39, 0.29) is 131 Å². The standard InChI is InChI=1S/2C5H12N2.4Y/c2*1-6(2)5-7(3)4;;;;/h1,3,5H2,2,4H3;1-2,5H2,3-4H3;;;;/q2*-2;;;;. The van der Waals surface area contributed by atoms with Crippen molar-refractivity contribution >= 4 is 0 Å².